The van der Waals surface area contributed by atoms with Gasteiger partial charge < -0.3 is 65.8 Å². The van der Waals surface area contributed by atoms with Crippen LogP contribution >= 0.6 is 0 Å². The molecule has 13 nitrogen and oxygen atoms in total. The number of carbonyl (C=O) groups is 2. The molecule has 9 N–H and O–H groups in total. The minimum absolute atomic E-state index is 0.281. The number of aliphatic hydroxyl groups is 5. The van der Waals surface area contributed by atoms with Crippen molar-refractivity contribution in [1.29, 1.82) is 0 Å². The molecular weight excluding hydrogens is 452 g/mol. The number of nitrogens with zero attached hydrogens (tertiary/aromatic N) is 2. The normalized spacial score (nSPS) is 11.4. The number of hydrogen-bond donors (Lipinski definition) is 7. The maximum atomic E-state index is 10.00. The Labute approximate surface area is 205 Å². The van der Waals surface area contributed by atoms with Gasteiger partial charge in [-0.15, -0.1) is 0 Å². The molecule has 0 aliphatic rings. The minimum Gasteiger partial charge on any atom is -0.549 e. The molecule has 0 amide bonds. The molecule has 210 valence electrons. The van der Waals surface area contributed by atoms with Crippen LogP contribution in [0.15, 0.2) is 0 Å². The lowest BCUT2D eigenvalue weighted by atomic mass is 10.1. The first-order valence-corrected chi connectivity index (χ1v) is 10.8. The number of aliphatic carboxylic acids is 2. The van der Waals surface area contributed by atoms with E-state index in [1.165, 1.54) is 0 Å². The lowest BCUT2D eigenvalue weighted by molar-refractivity contribution is -0.870. The zero-order chi connectivity index (χ0) is 28.5. The second kappa shape index (κ2) is 26.2. The molecule has 0 heterocycles. The fourth-order valence-electron chi connectivity index (χ4n) is 1.26. The van der Waals surface area contributed by atoms with Gasteiger partial charge >= 0.3 is 0 Å². The van der Waals surface area contributed by atoms with Crippen molar-refractivity contribution in [2.45, 2.75) is 32.4 Å². The molecule has 0 rings (SSSR count). The second-order valence-electron chi connectivity index (χ2n) is 9.63. The third-order valence-corrected chi connectivity index (χ3v) is 3.16. The predicted octanol–water partition coefficient (Wildman–Crippen LogP) is -5.49. The van der Waals surface area contributed by atoms with E-state index in [0.29, 0.717) is 12.3 Å². The van der Waals surface area contributed by atoms with Gasteiger partial charge in [0, 0.05) is 12.6 Å². The topological polar surface area (TPSA) is 233 Å². The summed E-state index contributed by atoms with van der Waals surface area (Å²) in [5.41, 5.74) is 9.66. The van der Waals surface area contributed by atoms with Gasteiger partial charge in [-0.25, -0.2) is 0 Å². The number of carbonyl (C=O) groups excluding carboxylic acids is 2. The first kappa shape index (κ1) is 42.7. The van der Waals surface area contributed by atoms with Gasteiger partial charge in [0.1, 0.15) is 19.2 Å². The fourth-order valence-corrected chi connectivity index (χ4v) is 1.26. The number of hydrogen-bond acceptors (Lipinski definition) is 11. The highest BCUT2D eigenvalue weighted by Crippen LogP contribution is 2.00. The van der Waals surface area contributed by atoms with Crippen LogP contribution in [0.3, 0.4) is 0 Å². The summed E-state index contributed by atoms with van der Waals surface area (Å²) in [5.74, 6) is -2.06. The lowest BCUT2D eigenvalue weighted by Crippen LogP contribution is -2.42. The van der Waals surface area contributed by atoms with E-state index in [0.717, 1.165) is 22.1 Å². The van der Waals surface area contributed by atoms with E-state index in [-0.39, 0.29) is 33.0 Å². The summed E-state index contributed by atoms with van der Waals surface area (Å²) in [4.78, 5) is 19.1. The number of aliphatic hydroxyl groups excluding tert-OH is 5. The monoisotopic (exact) mass is 504 g/mol. The smallest absolute Gasteiger partial charge is 0.101 e. The van der Waals surface area contributed by atoms with Crippen LogP contribution in [0.1, 0.15) is 20.3 Å². The van der Waals surface area contributed by atoms with Crippen LogP contribution in [0.2, 0.25) is 0 Å². The van der Waals surface area contributed by atoms with Gasteiger partial charge in [-0.3, -0.25) is 0 Å². The standard InChI is InChI=1S/C6H13NO2.2C5H14NO.C3H8O3.C2H5NO2/c1-4(2)3-5(7)6(8)9;2*1-6(2,3)4-5-7;4-1-3(6)2-5;3-1-2(4)5/h4-5H,3,7H2,1-2H3,(H,8,9);2*7H,4-5H2,1-3H3;3-6H,1-2H2;1,3H2,(H,4,5)/q;2*+1;;/p-2/t5-;;;;/m0..../s1. The van der Waals surface area contributed by atoms with E-state index >= 15 is 0 Å². The number of carboxylic acids is 2. The first-order chi connectivity index (χ1) is 15.2. The average Bonchev–Trinajstić information content (AvgIpc) is 2.66. The molecular formula is C21H52N4O9. The molecule has 0 saturated heterocycles. The van der Waals surface area contributed by atoms with Crippen molar-refractivity contribution in [3.63, 3.8) is 0 Å². The number of carboxylic acid groups (broad SMARTS) is 2. The van der Waals surface area contributed by atoms with E-state index < -0.39 is 24.1 Å². The number of quaternary nitrogens is 2. The second-order valence-corrected chi connectivity index (χ2v) is 9.63. The molecule has 0 aromatic carbocycles. The third-order valence-electron chi connectivity index (χ3n) is 3.16. The van der Waals surface area contributed by atoms with Crippen molar-refractivity contribution in [3.8, 4) is 0 Å². The van der Waals surface area contributed by atoms with Crippen LogP contribution < -0.4 is 21.7 Å². The van der Waals surface area contributed by atoms with Gasteiger partial charge in [0.25, 0.3) is 0 Å². The van der Waals surface area contributed by atoms with Gasteiger partial charge in [0.05, 0.1) is 80.7 Å². The fraction of sp³-hybridized carbons (Fsp3) is 0.905. The lowest BCUT2D eigenvalue weighted by Gasteiger charge is -2.21. The third kappa shape index (κ3) is 63.2. The van der Waals surface area contributed by atoms with Crippen LogP contribution in [-0.4, -0.2) is 147 Å². The molecule has 34 heavy (non-hydrogen) atoms. The van der Waals surface area contributed by atoms with Gasteiger partial charge in [0.2, 0.25) is 0 Å². The number of likely N-dealkylation sites (N-methyl/N-ethyl adjacent to an activating group) is 2. The molecule has 0 bridgehead atoms. The highest BCUT2D eigenvalue weighted by Gasteiger charge is 2.04. The molecule has 0 aliphatic heterocycles. The number of nitrogens with two attached hydrogens (primary N) is 2. The number of rotatable bonds is 10. The van der Waals surface area contributed by atoms with Gasteiger partial charge in [0.15, 0.2) is 0 Å². The molecule has 1 atom stereocenters. The maximum absolute atomic E-state index is 10.00. The Morgan fingerprint density at radius 3 is 1.15 bits per heavy atom. The van der Waals surface area contributed by atoms with E-state index in [1.807, 2.05) is 13.8 Å². The highest BCUT2D eigenvalue weighted by molar-refractivity contribution is 5.70. The Morgan fingerprint density at radius 1 is 0.824 bits per heavy atom. The Kier molecular flexibility index (Phi) is 32.9. The van der Waals surface area contributed by atoms with Crippen molar-refractivity contribution in [1.82, 2.24) is 0 Å². The summed E-state index contributed by atoms with van der Waals surface area (Å²) in [6, 6.07) is -0.801. The average molecular weight is 505 g/mol. The molecule has 0 aromatic rings. The van der Waals surface area contributed by atoms with Gasteiger partial charge in [-0.1, -0.05) is 13.8 Å². The van der Waals surface area contributed by atoms with Crippen LogP contribution in [-0.2, 0) is 9.59 Å². The van der Waals surface area contributed by atoms with Crippen molar-refractivity contribution in [2.75, 3.05) is 88.3 Å². The molecule has 0 saturated carbocycles. The van der Waals surface area contributed by atoms with Gasteiger partial charge in [-0.05, 0) is 12.3 Å². The van der Waals surface area contributed by atoms with Crippen LogP contribution in [0.25, 0.3) is 0 Å². The Bertz CT molecular complexity index is 435. The summed E-state index contributed by atoms with van der Waals surface area (Å²) in [5, 5.41) is 59.9. The highest BCUT2D eigenvalue weighted by atomic mass is 16.4. The van der Waals surface area contributed by atoms with Crippen molar-refractivity contribution in [3.05, 3.63) is 0 Å². The molecule has 0 spiro atoms. The summed E-state index contributed by atoms with van der Waals surface area (Å²) < 4.78 is 1.69. The van der Waals surface area contributed by atoms with E-state index in [4.69, 9.17) is 41.2 Å². The quantitative estimate of drug-likeness (QED) is 0.139. The van der Waals surface area contributed by atoms with E-state index in [9.17, 15) is 9.90 Å². The summed E-state index contributed by atoms with van der Waals surface area (Å²) in [7, 11) is 12.3. The molecule has 0 aliphatic carbocycles. The molecule has 13 heteroatoms. The molecule has 0 fully saturated rings. The van der Waals surface area contributed by atoms with Crippen molar-refractivity contribution >= 4 is 11.9 Å². The largest absolute Gasteiger partial charge is 0.549 e. The van der Waals surface area contributed by atoms with E-state index in [1.54, 1.807) is 0 Å². The Balaban J connectivity index is -0.000000104. The van der Waals surface area contributed by atoms with Crippen LogP contribution in [0.4, 0.5) is 0 Å². The summed E-state index contributed by atoms with van der Waals surface area (Å²) >= 11 is 0. The molecule has 0 unspecified atom stereocenters. The first-order valence-electron chi connectivity index (χ1n) is 10.8. The van der Waals surface area contributed by atoms with Gasteiger partial charge in [-0.2, -0.15) is 0 Å². The zero-order valence-corrected chi connectivity index (χ0v) is 22.3. The zero-order valence-electron chi connectivity index (χ0n) is 22.3. The Hall–Kier alpha value is -1.42. The minimum atomic E-state index is -1.22. The SMILES string of the molecule is CC(C)C[C@H](N)C(=O)[O-].C[N+](C)(C)CCO.C[N+](C)(C)CCO.NCC(=O)[O-].OCC(O)CO. The summed E-state index contributed by atoms with van der Waals surface area (Å²) in [6.45, 7) is 4.95. The molecule has 0 radical (unpaired) electrons. The maximum Gasteiger partial charge on any atom is 0.101 e. The Morgan fingerprint density at radius 2 is 1.12 bits per heavy atom. The van der Waals surface area contributed by atoms with Crippen molar-refractivity contribution in [2.24, 2.45) is 17.4 Å². The van der Waals surface area contributed by atoms with Crippen LogP contribution in [0, 0.1) is 5.92 Å². The predicted molar refractivity (Wildman–Crippen MR) is 127 cm³/mol. The molecule has 0 aromatic heterocycles. The van der Waals surface area contributed by atoms with E-state index in [2.05, 4.69) is 48.0 Å². The van der Waals surface area contributed by atoms with Crippen LogP contribution in [0.5, 0.6) is 0 Å². The summed E-state index contributed by atoms with van der Waals surface area (Å²) in [6.07, 6.45) is -0.465. The van der Waals surface area contributed by atoms with Crippen molar-refractivity contribution < 1.29 is 54.3 Å².